The fourth-order valence-corrected chi connectivity index (χ4v) is 2.98. The quantitative estimate of drug-likeness (QED) is 0.394. The van der Waals surface area contributed by atoms with Gasteiger partial charge >= 0.3 is 0 Å². The number of rotatable bonds is 7. The molecular formula is C18H30IN3O. The molecule has 0 heterocycles. The molecule has 1 fully saturated rings. The van der Waals surface area contributed by atoms with Crippen LogP contribution in [0.3, 0.4) is 0 Å². The number of guanidine groups is 1. The van der Waals surface area contributed by atoms with Crippen molar-refractivity contribution >= 4 is 29.9 Å². The van der Waals surface area contributed by atoms with E-state index in [1.807, 2.05) is 19.2 Å². The van der Waals surface area contributed by atoms with Gasteiger partial charge in [-0.25, -0.2) is 0 Å². The van der Waals surface area contributed by atoms with E-state index in [-0.39, 0.29) is 24.0 Å². The van der Waals surface area contributed by atoms with E-state index in [9.17, 15) is 0 Å². The highest BCUT2D eigenvalue weighted by molar-refractivity contribution is 14.0. The van der Waals surface area contributed by atoms with E-state index in [1.54, 1.807) is 7.11 Å². The number of halogens is 1. The van der Waals surface area contributed by atoms with Crippen LogP contribution in [0.4, 0.5) is 0 Å². The lowest BCUT2D eigenvalue weighted by Gasteiger charge is -2.41. The van der Waals surface area contributed by atoms with Crippen molar-refractivity contribution in [3.05, 3.63) is 29.8 Å². The molecule has 1 aromatic rings. The summed E-state index contributed by atoms with van der Waals surface area (Å²) in [6.45, 7) is 4.19. The molecular weight excluding hydrogens is 401 g/mol. The minimum absolute atomic E-state index is 0. The number of nitrogens with zero attached hydrogens (tertiary/aromatic N) is 1. The summed E-state index contributed by atoms with van der Waals surface area (Å²) in [5, 5.41) is 6.88. The monoisotopic (exact) mass is 431 g/mol. The number of ether oxygens (including phenoxy) is 1. The summed E-state index contributed by atoms with van der Waals surface area (Å²) < 4.78 is 5.25. The van der Waals surface area contributed by atoms with Gasteiger partial charge in [-0.1, -0.05) is 25.5 Å². The molecule has 0 atom stereocenters. The summed E-state index contributed by atoms with van der Waals surface area (Å²) in [6, 6.07) is 8.21. The summed E-state index contributed by atoms with van der Waals surface area (Å²) in [7, 11) is 3.54. The third-order valence-electron chi connectivity index (χ3n) is 4.86. The number of benzene rings is 1. The Morgan fingerprint density at radius 1 is 1.30 bits per heavy atom. The summed E-state index contributed by atoms with van der Waals surface area (Å²) in [4.78, 5) is 4.32. The Hall–Kier alpha value is -0.980. The lowest BCUT2D eigenvalue weighted by atomic mass is 9.67. The molecule has 4 nitrogen and oxygen atoms in total. The van der Waals surface area contributed by atoms with E-state index in [2.05, 4.69) is 34.7 Å². The van der Waals surface area contributed by atoms with Gasteiger partial charge in [-0.05, 0) is 48.8 Å². The van der Waals surface area contributed by atoms with Crippen molar-refractivity contribution in [3.8, 4) is 5.75 Å². The van der Waals surface area contributed by atoms with Crippen molar-refractivity contribution in [2.45, 2.75) is 39.0 Å². The zero-order valence-electron chi connectivity index (χ0n) is 14.5. The van der Waals surface area contributed by atoms with Crippen molar-refractivity contribution in [1.82, 2.24) is 10.6 Å². The average molecular weight is 431 g/mol. The molecule has 0 radical (unpaired) electrons. The molecule has 5 heteroatoms. The van der Waals surface area contributed by atoms with Crippen LogP contribution >= 0.6 is 24.0 Å². The SMILES string of the molecule is CCC1(CNC(=NC)NCCc2cccc(OC)c2)CCC1.I. The molecule has 1 saturated carbocycles. The lowest BCUT2D eigenvalue weighted by molar-refractivity contribution is 0.131. The van der Waals surface area contributed by atoms with Crippen LogP contribution in [0.15, 0.2) is 29.3 Å². The molecule has 1 aliphatic rings. The third kappa shape index (κ3) is 5.86. The summed E-state index contributed by atoms with van der Waals surface area (Å²) in [6.07, 6.45) is 6.27. The van der Waals surface area contributed by atoms with Crippen LogP contribution in [0, 0.1) is 5.41 Å². The van der Waals surface area contributed by atoms with Crippen LogP contribution in [0.2, 0.25) is 0 Å². The Morgan fingerprint density at radius 2 is 2.09 bits per heavy atom. The number of nitrogens with one attached hydrogen (secondary N) is 2. The van der Waals surface area contributed by atoms with E-state index in [4.69, 9.17) is 4.74 Å². The van der Waals surface area contributed by atoms with E-state index < -0.39 is 0 Å². The van der Waals surface area contributed by atoms with E-state index >= 15 is 0 Å². The summed E-state index contributed by atoms with van der Waals surface area (Å²) in [5.74, 6) is 1.82. The highest BCUT2D eigenvalue weighted by Gasteiger charge is 2.34. The van der Waals surface area contributed by atoms with Crippen LogP contribution < -0.4 is 15.4 Å². The van der Waals surface area contributed by atoms with Gasteiger partial charge in [0.15, 0.2) is 5.96 Å². The van der Waals surface area contributed by atoms with Crippen LogP contribution in [0.25, 0.3) is 0 Å². The van der Waals surface area contributed by atoms with E-state index in [1.165, 1.54) is 31.2 Å². The second-order valence-corrected chi connectivity index (χ2v) is 6.16. The van der Waals surface area contributed by atoms with Crippen molar-refractivity contribution in [1.29, 1.82) is 0 Å². The highest BCUT2D eigenvalue weighted by atomic mass is 127. The van der Waals surface area contributed by atoms with Crippen molar-refractivity contribution in [2.75, 3.05) is 27.2 Å². The first-order chi connectivity index (χ1) is 10.7. The molecule has 0 amide bonds. The van der Waals surface area contributed by atoms with Crippen molar-refractivity contribution < 1.29 is 4.74 Å². The second kappa shape index (κ2) is 10.0. The van der Waals surface area contributed by atoms with Crippen LogP contribution in [-0.4, -0.2) is 33.2 Å². The first kappa shape index (κ1) is 20.1. The Bertz CT molecular complexity index is 495. The standard InChI is InChI=1S/C18H29N3O.HI/c1-4-18(10-6-11-18)14-21-17(19-2)20-12-9-15-7-5-8-16(13-15)22-3;/h5,7-8,13H,4,6,9-12,14H2,1-3H3,(H2,19,20,21);1H. The van der Waals surface area contributed by atoms with Crippen molar-refractivity contribution in [2.24, 2.45) is 10.4 Å². The molecule has 2 rings (SSSR count). The fourth-order valence-electron chi connectivity index (χ4n) is 2.98. The van der Waals surface area contributed by atoms with Gasteiger partial charge in [0.1, 0.15) is 5.75 Å². The number of aliphatic imine (C=N–C) groups is 1. The minimum atomic E-state index is 0. The normalized spacial score (nSPS) is 16.0. The second-order valence-electron chi connectivity index (χ2n) is 6.16. The Kier molecular flexibility index (Phi) is 8.73. The van der Waals surface area contributed by atoms with Gasteiger partial charge in [0.05, 0.1) is 7.11 Å². The first-order valence-corrected chi connectivity index (χ1v) is 8.29. The summed E-state index contributed by atoms with van der Waals surface area (Å²) >= 11 is 0. The molecule has 0 saturated heterocycles. The van der Waals surface area contributed by atoms with Gasteiger partial charge in [0, 0.05) is 20.1 Å². The summed E-state index contributed by atoms with van der Waals surface area (Å²) in [5.41, 5.74) is 1.77. The Balaban J connectivity index is 0.00000264. The molecule has 0 aromatic heterocycles. The van der Waals surface area contributed by atoms with Crippen LogP contribution in [-0.2, 0) is 6.42 Å². The lowest BCUT2D eigenvalue weighted by Crippen LogP contribution is -2.46. The van der Waals surface area contributed by atoms with Crippen LogP contribution in [0.1, 0.15) is 38.2 Å². The maximum absolute atomic E-state index is 5.25. The van der Waals surface area contributed by atoms with Crippen LogP contribution in [0.5, 0.6) is 5.75 Å². The Morgan fingerprint density at radius 3 is 2.65 bits per heavy atom. The fraction of sp³-hybridized carbons (Fsp3) is 0.611. The minimum Gasteiger partial charge on any atom is -0.497 e. The maximum atomic E-state index is 5.25. The number of methoxy groups -OCH3 is 1. The zero-order valence-corrected chi connectivity index (χ0v) is 16.9. The molecule has 23 heavy (non-hydrogen) atoms. The van der Waals surface area contributed by atoms with Gasteiger partial charge in [0.25, 0.3) is 0 Å². The topological polar surface area (TPSA) is 45.7 Å². The van der Waals surface area contributed by atoms with Gasteiger partial charge < -0.3 is 15.4 Å². The average Bonchev–Trinajstić information content (AvgIpc) is 2.52. The molecule has 1 aliphatic carbocycles. The predicted octanol–water partition coefficient (Wildman–Crippen LogP) is 3.60. The number of hydrogen-bond donors (Lipinski definition) is 2. The molecule has 0 aliphatic heterocycles. The van der Waals surface area contributed by atoms with Gasteiger partial charge in [-0.2, -0.15) is 0 Å². The molecule has 0 bridgehead atoms. The predicted molar refractivity (Wildman–Crippen MR) is 108 cm³/mol. The molecule has 0 unspecified atom stereocenters. The van der Waals surface area contributed by atoms with Gasteiger partial charge in [-0.3, -0.25) is 4.99 Å². The molecule has 2 N–H and O–H groups in total. The molecule has 130 valence electrons. The first-order valence-electron chi connectivity index (χ1n) is 8.29. The Labute approximate surface area is 157 Å². The largest absolute Gasteiger partial charge is 0.497 e. The van der Waals surface area contributed by atoms with Crippen molar-refractivity contribution in [3.63, 3.8) is 0 Å². The van der Waals surface area contributed by atoms with E-state index in [0.717, 1.165) is 31.2 Å². The van der Waals surface area contributed by atoms with Gasteiger partial charge in [-0.15, -0.1) is 24.0 Å². The molecule has 1 aromatic carbocycles. The molecule has 0 spiro atoms. The highest BCUT2D eigenvalue weighted by Crippen LogP contribution is 2.42. The van der Waals surface area contributed by atoms with Gasteiger partial charge in [0.2, 0.25) is 0 Å². The smallest absolute Gasteiger partial charge is 0.191 e. The maximum Gasteiger partial charge on any atom is 0.191 e. The number of hydrogen-bond acceptors (Lipinski definition) is 2. The zero-order chi connectivity index (χ0) is 15.8. The third-order valence-corrected chi connectivity index (χ3v) is 4.86. The van der Waals surface area contributed by atoms with E-state index in [0.29, 0.717) is 5.41 Å².